The predicted octanol–water partition coefficient (Wildman–Crippen LogP) is 7.93. The summed E-state index contributed by atoms with van der Waals surface area (Å²) < 4.78 is 148. The number of nitrogens with zero attached hydrogens (tertiary/aromatic N) is 8. The second-order valence-electron chi connectivity index (χ2n) is 16.5. The minimum atomic E-state index is -3.95. The molecule has 0 bridgehead atoms. The maximum absolute atomic E-state index is 15.6. The quantitative estimate of drug-likeness (QED) is 0.104. The highest BCUT2D eigenvalue weighted by molar-refractivity contribution is 7.92. The van der Waals surface area contributed by atoms with Crippen LogP contribution in [-0.2, 0) is 47.3 Å². The van der Waals surface area contributed by atoms with Crippen molar-refractivity contribution in [2.75, 3.05) is 11.0 Å². The van der Waals surface area contributed by atoms with Crippen molar-refractivity contribution in [3.05, 3.63) is 116 Å². The van der Waals surface area contributed by atoms with E-state index in [4.69, 9.17) is 16.6 Å². The van der Waals surface area contributed by atoms with E-state index in [9.17, 15) is 39.6 Å². The van der Waals surface area contributed by atoms with Crippen LogP contribution < -0.4 is 15.6 Å². The number of anilines is 1. The molecule has 0 saturated heterocycles. The average molecular weight is 963 g/mol. The number of alkyl halides is 6. The SMILES string of the molecule is Cn1nc(NS(C)(=O)=O)c2c(Cl)ccc(-n3c([C@H](Cc4cc(F)cc(F)c4)NC(=O)Cn4nc(C(F)F)c5c4C(F)(F)[C@@H]4C[C@H]54)nc4cc(-c5ccn(CCC(C)(F)F)n5)ccc4c3=O)c21. The van der Waals surface area contributed by atoms with Crippen LogP contribution in [0.4, 0.5) is 40.9 Å². The molecule has 24 heteroatoms. The fourth-order valence-electron chi connectivity index (χ4n) is 8.69. The first kappa shape index (κ1) is 44.8. The van der Waals surface area contributed by atoms with E-state index < -0.39 is 100 Å². The van der Waals surface area contributed by atoms with Crippen molar-refractivity contribution in [1.82, 2.24) is 44.2 Å². The number of fused-ring (bicyclic) bond motifs is 5. The third kappa shape index (κ3) is 8.26. The van der Waals surface area contributed by atoms with Crippen molar-refractivity contribution in [3.8, 4) is 16.9 Å². The van der Waals surface area contributed by atoms with Gasteiger partial charge in [-0.05, 0) is 67.3 Å². The number of carbonyl (C=O) groups is 1. The third-order valence-corrected chi connectivity index (χ3v) is 12.4. The van der Waals surface area contributed by atoms with E-state index in [2.05, 4.69) is 25.3 Å². The number of aryl methyl sites for hydroxylation is 2. The first-order valence-electron chi connectivity index (χ1n) is 20.1. The number of rotatable bonds is 14. The van der Waals surface area contributed by atoms with Crippen LogP contribution in [0, 0.1) is 17.6 Å². The Morgan fingerprint density at radius 3 is 2.44 bits per heavy atom. The molecule has 0 aliphatic heterocycles. The largest absolute Gasteiger partial charge is 0.344 e. The molecule has 1 saturated carbocycles. The monoisotopic (exact) mass is 962 g/mol. The molecule has 2 aliphatic rings. The zero-order valence-corrected chi connectivity index (χ0v) is 36.2. The number of carbonyl (C=O) groups excluding carboxylic acids is 1. The fourth-order valence-corrected chi connectivity index (χ4v) is 9.43. The van der Waals surface area contributed by atoms with Crippen LogP contribution in [0.2, 0.25) is 5.02 Å². The number of benzene rings is 3. The van der Waals surface area contributed by atoms with E-state index in [1.54, 1.807) is 6.07 Å². The number of nitrogens with one attached hydrogen (secondary N) is 2. The highest BCUT2D eigenvalue weighted by Gasteiger charge is 2.67. The summed E-state index contributed by atoms with van der Waals surface area (Å²) in [5.41, 5.74) is -2.24. The molecule has 4 aromatic heterocycles. The van der Waals surface area contributed by atoms with Gasteiger partial charge in [-0.15, -0.1) is 0 Å². The minimum absolute atomic E-state index is 0.00692. The molecule has 2 N–H and O–H groups in total. The summed E-state index contributed by atoms with van der Waals surface area (Å²) in [6.45, 7) is -0.375. The summed E-state index contributed by atoms with van der Waals surface area (Å²) in [4.78, 5) is 34.1. The van der Waals surface area contributed by atoms with Crippen molar-refractivity contribution >= 4 is 55.2 Å². The summed E-state index contributed by atoms with van der Waals surface area (Å²) in [7, 11) is -2.53. The second-order valence-corrected chi connectivity index (χ2v) is 18.7. The van der Waals surface area contributed by atoms with Gasteiger partial charge in [0.25, 0.3) is 17.9 Å². The van der Waals surface area contributed by atoms with Crippen molar-refractivity contribution in [2.45, 2.75) is 69.5 Å². The van der Waals surface area contributed by atoms with Gasteiger partial charge >= 0.3 is 0 Å². The van der Waals surface area contributed by atoms with Crippen LogP contribution in [0.3, 0.4) is 0 Å². The molecule has 4 heterocycles. The number of sulfonamides is 1. The van der Waals surface area contributed by atoms with Crippen molar-refractivity contribution in [3.63, 3.8) is 0 Å². The molecule has 1 amide bonds. The van der Waals surface area contributed by atoms with Gasteiger partial charge in [-0.1, -0.05) is 17.7 Å². The predicted molar refractivity (Wildman–Crippen MR) is 224 cm³/mol. The maximum Gasteiger partial charge on any atom is 0.293 e. The topological polar surface area (TPSA) is 164 Å². The number of hydrogen-bond acceptors (Lipinski definition) is 8. The number of halogens is 9. The van der Waals surface area contributed by atoms with E-state index in [-0.39, 0.29) is 68.3 Å². The van der Waals surface area contributed by atoms with Gasteiger partial charge < -0.3 is 5.32 Å². The summed E-state index contributed by atoms with van der Waals surface area (Å²) in [6, 6.07) is 9.54. The van der Waals surface area contributed by atoms with E-state index in [0.717, 1.165) is 29.9 Å². The Kier molecular flexibility index (Phi) is 10.8. The van der Waals surface area contributed by atoms with E-state index in [0.29, 0.717) is 22.0 Å². The molecule has 0 radical (unpaired) electrons. The molecule has 3 aromatic carbocycles. The minimum Gasteiger partial charge on any atom is -0.344 e. The normalized spacial score (nSPS) is 17.1. The Hall–Kier alpha value is -6.36. The van der Waals surface area contributed by atoms with E-state index in [1.165, 1.54) is 52.9 Å². The van der Waals surface area contributed by atoms with Gasteiger partial charge in [-0.3, -0.25) is 32.9 Å². The van der Waals surface area contributed by atoms with Gasteiger partial charge in [-0.25, -0.2) is 39.7 Å². The van der Waals surface area contributed by atoms with Gasteiger partial charge in [0, 0.05) is 55.7 Å². The summed E-state index contributed by atoms with van der Waals surface area (Å²) in [6.07, 6.45) is -1.93. The lowest BCUT2D eigenvalue weighted by molar-refractivity contribution is -0.123. The Balaban J connectivity index is 1.23. The molecular formula is C42H35ClF8N10O4S. The summed E-state index contributed by atoms with van der Waals surface area (Å²) in [5, 5.41) is 15.0. The molecule has 1 fully saturated rings. The van der Waals surface area contributed by atoms with Crippen LogP contribution in [0.15, 0.2) is 65.6 Å². The van der Waals surface area contributed by atoms with Crippen molar-refractivity contribution in [1.29, 1.82) is 0 Å². The maximum atomic E-state index is 15.6. The van der Waals surface area contributed by atoms with Crippen LogP contribution in [0.1, 0.15) is 66.5 Å². The van der Waals surface area contributed by atoms with Crippen LogP contribution in [0.5, 0.6) is 0 Å². The number of hydrogen-bond donors (Lipinski definition) is 2. The lowest BCUT2D eigenvalue weighted by Crippen LogP contribution is -2.38. The molecule has 14 nitrogen and oxygen atoms in total. The standard InChI is InChI=1S/C42H35ClF8N10O4S/c1-41(48,49)9-11-59-10-8-27(54-59)20-4-5-23-28(15-20)53-39(61(40(23)63)30-7-6-26(43)33-35(30)58(2)56-38(33)57-66(3,64)65)29(14-19-12-21(44)16-22(45)13-19)52-31(62)18-60-36-32(34(55-60)37(46)47)24-17-25(24)42(36,50)51/h4-8,10,12-13,15-16,24-25,29,37H,9,11,14,17-18H2,1-3H3,(H,52,62)(H,56,57)/t24-,25+,29-/m0/s1. The fraction of sp³-hybridized carbons (Fsp3) is 0.333. The molecule has 0 spiro atoms. The number of aromatic nitrogens is 8. The molecule has 346 valence electrons. The molecular weight excluding hydrogens is 928 g/mol. The summed E-state index contributed by atoms with van der Waals surface area (Å²) in [5.74, 6) is -12.3. The lowest BCUT2D eigenvalue weighted by atomic mass is 10.0. The number of amides is 1. The van der Waals surface area contributed by atoms with Gasteiger partial charge in [0.1, 0.15) is 35.4 Å². The van der Waals surface area contributed by atoms with Crippen LogP contribution in [-0.4, -0.2) is 65.4 Å². The lowest BCUT2D eigenvalue weighted by Gasteiger charge is -2.24. The van der Waals surface area contributed by atoms with Gasteiger partial charge in [0.15, 0.2) is 5.82 Å². The zero-order valence-electron chi connectivity index (χ0n) is 34.6. The van der Waals surface area contributed by atoms with Gasteiger partial charge in [0.2, 0.25) is 21.9 Å². The zero-order chi connectivity index (χ0) is 47.4. The average Bonchev–Trinajstić information content (AvgIpc) is 3.43. The molecule has 0 unspecified atom stereocenters. The summed E-state index contributed by atoms with van der Waals surface area (Å²) >= 11 is 6.62. The second kappa shape index (κ2) is 15.9. The first-order chi connectivity index (χ1) is 31.0. The Labute approximate surface area is 373 Å². The first-order valence-corrected chi connectivity index (χ1v) is 22.4. The van der Waals surface area contributed by atoms with E-state index >= 15 is 13.6 Å². The highest BCUT2D eigenvalue weighted by atomic mass is 35.5. The van der Waals surface area contributed by atoms with Gasteiger partial charge in [0.05, 0.1) is 50.5 Å². The van der Waals surface area contributed by atoms with Crippen LogP contribution in [0.25, 0.3) is 38.8 Å². The van der Waals surface area contributed by atoms with Gasteiger partial charge in [-0.2, -0.15) is 24.1 Å². The van der Waals surface area contributed by atoms with Crippen molar-refractivity contribution < 1.29 is 48.3 Å². The molecule has 2 aliphatic carbocycles. The molecule has 9 rings (SSSR count). The van der Waals surface area contributed by atoms with Crippen LogP contribution >= 0.6 is 11.6 Å². The smallest absolute Gasteiger partial charge is 0.293 e. The van der Waals surface area contributed by atoms with E-state index in [1.807, 2.05) is 0 Å². The molecule has 7 aromatic rings. The Morgan fingerprint density at radius 2 is 1.76 bits per heavy atom. The Bertz CT molecular complexity index is 3290. The third-order valence-electron chi connectivity index (χ3n) is 11.5. The van der Waals surface area contributed by atoms with Crippen molar-refractivity contribution in [2.24, 2.45) is 13.0 Å². The Morgan fingerprint density at radius 1 is 1.03 bits per heavy atom. The molecule has 3 atom stereocenters. The highest BCUT2D eigenvalue weighted by Crippen LogP contribution is 2.68. The molecule has 66 heavy (non-hydrogen) atoms.